The molecule has 0 spiro atoms. The van der Waals surface area contributed by atoms with Gasteiger partial charge in [0.05, 0.1) is 16.6 Å². The smallest absolute Gasteiger partial charge is 0.225 e. The minimum Gasteiger partial charge on any atom is -0.341 e. The first kappa shape index (κ1) is 21.1. The molecule has 170 valence electrons. The normalized spacial score (nSPS) is 15.2. The van der Waals surface area contributed by atoms with Crippen LogP contribution in [0.1, 0.15) is 18.9 Å². The number of halogens is 1. The van der Waals surface area contributed by atoms with E-state index in [1.807, 2.05) is 0 Å². The van der Waals surface area contributed by atoms with Crippen molar-refractivity contribution in [3.8, 4) is 0 Å². The van der Waals surface area contributed by atoms with Crippen molar-refractivity contribution in [2.24, 2.45) is 0 Å². The molecule has 0 aliphatic carbocycles. The van der Waals surface area contributed by atoms with Crippen molar-refractivity contribution >= 4 is 38.5 Å². The molecule has 1 aliphatic heterocycles. The van der Waals surface area contributed by atoms with E-state index >= 15 is 0 Å². The van der Waals surface area contributed by atoms with Crippen molar-refractivity contribution in [3.05, 3.63) is 48.8 Å². The molecule has 1 fully saturated rings. The Morgan fingerprint density at radius 3 is 2.55 bits per heavy atom. The lowest BCUT2D eigenvalue weighted by Gasteiger charge is -2.31. The molecule has 5 rings (SSSR count). The Balaban J connectivity index is 1.37. The molecule has 13 heteroatoms. The van der Waals surface area contributed by atoms with E-state index < -0.39 is 15.7 Å². The Labute approximate surface area is 188 Å². The Hall–Kier alpha value is -3.74. The Kier molecular flexibility index (Phi) is 5.32. The van der Waals surface area contributed by atoms with Gasteiger partial charge in [-0.05, 0) is 37.1 Å². The van der Waals surface area contributed by atoms with Crippen molar-refractivity contribution in [2.45, 2.75) is 23.8 Å². The number of benzene rings is 1. The number of fused-ring (bicyclic) bond motifs is 1. The molecule has 1 aliphatic rings. The SMILES string of the molecule is CS(=O)(=O)c1ccc(Nc2ncnc3c2nnn3C2CCN(c3ncccn3)CC2)c(F)c1. The van der Waals surface area contributed by atoms with Crippen LogP contribution < -0.4 is 10.2 Å². The molecule has 0 saturated carbocycles. The number of sulfone groups is 1. The van der Waals surface area contributed by atoms with Crippen LogP contribution in [-0.2, 0) is 9.84 Å². The lowest BCUT2D eigenvalue weighted by Crippen LogP contribution is -2.36. The van der Waals surface area contributed by atoms with Crippen LogP contribution >= 0.6 is 0 Å². The fourth-order valence-electron chi connectivity index (χ4n) is 3.82. The van der Waals surface area contributed by atoms with Crippen molar-refractivity contribution in [1.29, 1.82) is 0 Å². The zero-order valence-corrected chi connectivity index (χ0v) is 18.4. The molecule has 11 nitrogen and oxygen atoms in total. The van der Waals surface area contributed by atoms with Gasteiger partial charge in [0, 0.05) is 31.7 Å². The standard InChI is InChI=1S/C20H20FN9O2S/c1-33(31,32)14-3-4-16(15(21)11-14)26-18-17-19(25-12-24-18)30(28-27-17)13-5-9-29(10-6-13)20-22-7-2-8-23-20/h2-4,7-8,11-13H,5-6,9-10H2,1H3,(H,24,25,26). The Bertz CT molecular complexity index is 1400. The molecule has 33 heavy (non-hydrogen) atoms. The number of hydrogen-bond acceptors (Lipinski definition) is 10. The highest BCUT2D eigenvalue weighted by molar-refractivity contribution is 7.90. The van der Waals surface area contributed by atoms with Crippen molar-refractivity contribution < 1.29 is 12.8 Å². The summed E-state index contributed by atoms with van der Waals surface area (Å²) in [5, 5.41) is 11.4. The molecule has 1 N–H and O–H groups in total. The maximum atomic E-state index is 14.5. The first-order chi connectivity index (χ1) is 15.9. The summed E-state index contributed by atoms with van der Waals surface area (Å²) in [4.78, 5) is 19.2. The zero-order chi connectivity index (χ0) is 23.0. The molecule has 4 aromatic rings. The average molecular weight is 470 g/mol. The van der Waals surface area contributed by atoms with Crippen LogP contribution in [-0.4, -0.2) is 62.7 Å². The summed E-state index contributed by atoms with van der Waals surface area (Å²) in [6, 6.07) is 5.53. The summed E-state index contributed by atoms with van der Waals surface area (Å²) in [7, 11) is -3.51. The highest BCUT2D eigenvalue weighted by atomic mass is 32.2. The van der Waals surface area contributed by atoms with Gasteiger partial charge in [-0.25, -0.2) is 37.4 Å². The quantitative estimate of drug-likeness (QED) is 0.464. The van der Waals surface area contributed by atoms with Crippen molar-refractivity contribution in [3.63, 3.8) is 0 Å². The topological polar surface area (TPSA) is 132 Å². The van der Waals surface area contributed by atoms with Crippen LogP contribution in [0.15, 0.2) is 47.9 Å². The van der Waals surface area contributed by atoms with Crippen molar-refractivity contribution in [1.82, 2.24) is 34.9 Å². The van der Waals surface area contributed by atoms with Gasteiger partial charge in [0.15, 0.2) is 26.8 Å². The van der Waals surface area contributed by atoms with Gasteiger partial charge in [0.1, 0.15) is 12.1 Å². The monoisotopic (exact) mass is 469 g/mol. The number of piperidine rings is 1. The zero-order valence-electron chi connectivity index (χ0n) is 17.6. The molecular weight excluding hydrogens is 449 g/mol. The van der Waals surface area contributed by atoms with Gasteiger partial charge < -0.3 is 10.2 Å². The summed E-state index contributed by atoms with van der Waals surface area (Å²) < 4.78 is 39.6. The molecule has 0 atom stereocenters. The fraction of sp³-hybridized carbons (Fsp3) is 0.300. The predicted molar refractivity (Wildman–Crippen MR) is 118 cm³/mol. The second-order valence-corrected chi connectivity index (χ2v) is 9.75. The van der Waals surface area contributed by atoms with Gasteiger partial charge in [-0.1, -0.05) is 5.21 Å². The van der Waals surface area contributed by atoms with Gasteiger partial charge in [-0.3, -0.25) is 0 Å². The van der Waals surface area contributed by atoms with Crippen LogP contribution in [0.25, 0.3) is 11.2 Å². The Morgan fingerprint density at radius 1 is 1.09 bits per heavy atom. The van der Waals surface area contributed by atoms with Gasteiger partial charge in [0.25, 0.3) is 0 Å². The lowest BCUT2D eigenvalue weighted by atomic mass is 10.1. The van der Waals surface area contributed by atoms with E-state index in [2.05, 4.69) is 40.5 Å². The van der Waals surface area contributed by atoms with Crippen LogP contribution in [0.2, 0.25) is 0 Å². The second-order valence-electron chi connectivity index (χ2n) is 7.73. The molecule has 0 bridgehead atoms. The number of nitrogens with zero attached hydrogens (tertiary/aromatic N) is 8. The van der Waals surface area contributed by atoms with Gasteiger partial charge in [0.2, 0.25) is 5.95 Å². The maximum absolute atomic E-state index is 14.5. The minimum atomic E-state index is -3.51. The van der Waals surface area contributed by atoms with Crippen LogP contribution in [0, 0.1) is 5.82 Å². The van der Waals surface area contributed by atoms with E-state index in [1.165, 1.54) is 18.5 Å². The first-order valence-electron chi connectivity index (χ1n) is 10.2. The van der Waals surface area contributed by atoms with Crippen LogP contribution in [0.5, 0.6) is 0 Å². The summed E-state index contributed by atoms with van der Waals surface area (Å²) in [6.45, 7) is 1.54. The Morgan fingerprint density at radius 2 is 1.85 bits per heavy atom. The minimum absolute atomic E-state index is 0.0770. The third kappa shape index (κ3) is 4.18. The second kappa shape index (κ2) is 8.31. The molecule has 0 amide bonds. The number of nitrogens with one attached hydrogen (secondary N) is 1. The number of aromatic nitrogens is 7. The van der Waals surface area contributed by atoms with E-state index in [-0.39, 0.29) is 22.4 Å². The summed E-state index contributed by atoms with van der Waals surface area (Å²) >= 11 is 0. The average Bonchev–Trinajstić information content (AvgIpc) is 3.25. The summed E-state index contributed by atoms with van der Waals surface area (Å²) in [5.74, 6) is 0.275. The molecule has 1 saturated heterocycles. The fourth-order valence-corrected chi connectivity index (χ4v) is 4.46. The van der Waals surface area contributed by atoms with Gasteiger partial charge in [-0.2, -0.15) is 0 Å². The van der Waals surface area contributed by atoms with E-state index in [4.69, 9.17) is 0 Å². The van der Waals surface area contributed by atoms with Gasteiger partial charge >= 0.3 is 0 Å². The van der Waals surface area contributed by atoms with E-state index in [1.54, 1.807) is 23.1 Å². The summed E-state index contributed by atoms with van der Waals surface area (Å²) in [6.07, 6.45) is 7.46. The summed E-state index contributed by atoms with van der Waals surface area (Å²) in [5.41, 5.74) is 1.01. The first-order valence-corrected chi connectivity index (χ1v) is 12.1. The number of anilines is 3. The van der Waals surface area contributed by atoms with E-state index in [9.17, 15) is 12.8 Å². The number of hydrogen-bond donors (Lipinski definition) is 1. The van der Waals surface area contributed by atoms with Crippen LogP contribution in [0.3, 0.4) is 0 Å². The third-order valence-corrected chi connectivity index (χ3v) is 6.64. The van der Waals surface area contributed by atoms with Crippen molar-refractivity contribution in [2.75, 3.05) is 29.6 Å². The lowest BCUT2D eigenvalue weighted by molar-refractivity contribution is 0.365. The molecular formula is C20H20FN9O2S. The highest BCUT2D eigenvalue weighted by Crippen LogP contribution is 2.29. The number of rotatable bonds is 5. The van der Waals surface area contributed by atoms with E-state index in [0.717, 1.165) is 38.3 Å². The molecule has 0 unspecified atom stereocenters. The van der Waals surface area contributed by atoms with E-state index in [0.29, 0.717) is 17.1 Å². The van der Waals surface area contributed by atoms with Gasteiger partial charge in [-0.15, -0.1) is 5.10 Å². The molecule has 0 radical (unpaired) electrons. The maximum Gasteiger partial charge on any atom is 0.225 e. The largest absolute Gasteiger partial charge is 0.341 e. The molecule has 1 aromatic carbocycles. The predicted octanol–water partition coefficient (Wildman–Crippen LogP) is 2.14. The third-order valence-electron chi connectivity index (χ3n) is 5.53. The molecule has 4 heterocycles. The molecule has 3 aromatic heterocycles. The van der Waals surface area contributed by atoms with Crippen LogP contribution in [0.4, 0.5) is 21.8 Å². The highest BCUT2D eigenvalue weighted by Gasteiger charge is 2.25.